The van der Waals surface area contributed by atoms with E-state index in [4.69, 9.17) is 23.2 Å². The molecule has 0 radical (unpaired) electrons. The van der Waals surface area contributed by atoms with Crippen molar-refractivity contribution in [2.24, 2.45) is 0 Å². The molecule has 0 saturated heterocycles. The highest BCUT2D eigenvalue weighted by Gasteiger charge is 2.31. The summed E-state index contributed by atoms with van der Waals surface area (Å²) in [5, 5.41) is 20.3. The normalized spacial score (nSPS) is 19.7. The van der Waals surface area contributed by atoms with Gasteiger partial charge in [0.25, 0.3) is 0 Å². The fourth-order valence-electron chi connectivity index (χ4n) is 4.49. The van der Waals surface area contributed by atoms with Crippen LogP contribution in [0.3, 0.4) is 0 Å². The number of nitriles is 2. The van der Waals surface area contributed by atoms with Crippen molar-refractivity contribution in [1.29, 1.82) is 10.5 Å². The smallest absolute Gasteiger partial charge is 0.101 e. The fourth-order valence-corrected chi connectivity index (χ4v) is 5.28. The molecule has 2 nitrogen and oxygen atoms in total. The molecule has 2 aliphatic carbocycles. The predicted octanol–water partition coefficient (Wildman–Crippen LogP) is 6.83. The third-order valence-electron chi connectivity index (χ3n) is 5.70. The lowest BCUT2D eigenvalue weighted by atomic mass is 9.76. The van der Waals surface area contributed by atoms with Crippen molar-refractivity contribution in [3.05, 3.63) is 32.3 Å². The van der Waals surface area contributed by atoms with Gasteiger partial charge in [-0.2, -0.15) is 10.5 Å². The molecule has 0 bridgehead atoms. The molecular weight excluding hydrogens is 339 g/mol. The van der Waals surface area contributed by atoms with Crippen LogP contribution in [-0.2, 0) is 0 Å². The van der Waals surface area contributed by atoms with Crippen molar-refractivity contribution in [3.63, 3.8) is 0 Å². The van der Waals surface area contributed by atoms with E-state index < -0.39 is 0 Å². The van der Waals surface area contributed by atoms with E-state index in [2.05, 4.69) is 12.1 Å². The van der Waals surface area contributed by atoms with Gasteiger partial charge in [0.2, 0.25) is 0 Å². The Morgan fingerprint density at radius 2 is 1.00 bits per heavy atom. The molecule has 0 unspecified atom stereocenters. The van der Waals surface area contributed by atoms with E-state index in [1.54, 1.807) is 0 Å². The second kappa shape index (κ2) is 7.77. The van der Waals surface area contributed by atoms with Crippen LogP contribution in [0.4, 0.5) is 0 Å². The maximum atomic E-state index is 9.67. The van der Waals surface area contributed by atoms with Gasteiger partial charge in [-0.25, -0.2) is 0 Å². The first kappa shape index (κ1) is 17.6. The van der Waals surface area contributed by atoms with E-state index in [9.17, 15) is 10.5 Å². The van der Waals surface area contributed by atoms with E-state index in [1.165, 1.54) is 38.5 Å². The number of rotatable bonds is 2. The average Bonchev–Trinajstić information content (AvgIpc) is 2.64. The summed E-state index contributed by atoms with van der Waals surface area (Å²) in [4.78, 5) is 0. The number of hydrogen-bond acceptors (Lipinski definition) is 2. The molecule has 0 aromatic heterocycles. The van der Waals surface area contributed by atoms with Crippen LogP contribution in [0, 0.1) is 22.7 Å². The maximum absolute atomic E-state index is 9.67. The summed E-state index contributed by atoms with van der Waals surface area (Å²) in [6.45, 7) is 0. The van der Waals surface area contributed by atoms with Gasteiger partial charge in [0.1, 0.15) is 12.1 Å². The summed E-state index contributed by atoms with van der Waals surface area (Å²) in [7, 11) is 0. The van der Waals surface area contributed by atoms with Crippen molar-refractivity contribution < 1.29 is 0 Å². The van der Waals surface area contributed by atoms with Crippen LogP contribution in [0.2, 0.25) is 10.0 Å². The Bertz CT molecular complexity index is 643. The molecule has 0 N–H and O–H groups in total. The zero-order valence-corrected chi connectivity index (χ0v) is 15.4. The minimum Gasteiger partial charge on any atom is -0.192 e. The van der Waals surface area contributed by atoms with Crippen molar-refractivity contribution in [2.45, 2.75) is 76.0 Å². The quantitative estimate of drug-likeness (QED) is 0.579. The second-order valence-corrected chi connectivity index (χ2v) is 7.85. The Labute approximate surface area is 154 Å². The Kier molecular flexibility index (Phi) is 5.70. The molecule has 0 aliphatic heterocycles. The minimum absolute atomic E-state index is 0.300. The molecule has 4 heteroatoms. The number of benzene rings is 1. The third kappa shape index (κ3) is 3.15. The highest BCUT2D eigenvalue weighted by Crippen LogP contribution is 2.48. The predicted molar refractivity (Wildman–Crippen MR) is 97.5 cm³/mol. The molecule has 0 amide bonds. The van der Waals surface area contributed by atoms with Crippen LogP contribution in [0.5, 0.6) is 0 Å². The van der Waals surface area contributed by atoms with Crippen LogP contribution in [0.25, 0.3) is 0 Å². The summed E-state index contributed by atoms with van der Waals surface area (Å²) in [5.41, 5.74) is 2.71. The van der Waals surface area contributed by atoms with E-state index in [1.807, 2.05) is 0 Å². The lowest BCUT2D eigenvalue weighted by molar-refractivity contribution is 0.435. The number of halogens is 2. The molecule has 0 heterocycles. The average molecular weight is 361 g/mol. The van der Waals surface area contributed by atoms with Gasteiger partial charge in [0.15, 0.2) is 0 Å². The molecule has 2 saturated carbocycles. The molecule has 2 fully saturated rings. The summed E-state index contributed by atoms with van der Waals surface area (Å²) < 4.78 is 0. The summed E-state index contributed by atoms with van der Waals surface area (Å²) >= 11 is 13.4. The van der Waals surface area contributed by atoms with Crippen molar-refractivity contribution in [3.8, 4) is 12.1 Å². The van der Waals surface area contributed by atoms with Gasteiger partial charge in [-0.05, 0) is 48.6 Å². The lowest BCUT2D eigenvalue weighted by Gasteiger charge is -2.29. The van der Waals surface area contributed by atoms with Gasteiger partial charge in [-0.1, -0.05) is 61.7 Å². The lowest BCUT2D eigenvalue weighted by Crippen LogP contribution is -2.14. The van der Waals surface area contributed by atoms with Gasteiger partial charge in [0, 0.05) is 0 Å². The number of nitrogens with zero attached hydrogens (tertiary/aromatic N) is 2. The van der Waals surface area contributed by atoms with E-state index >= 15 is 0 Å². The van der Waals surface area contributed by atoms with Crippen molar-refractivity contribution in [1.82, 2.24) is 0 Å². The van der Waals surface area contributed by atoms with Crippen LogP contribution >= 0.6 is 23.2 Å². The minimum atomic E-state index is 0.300. The van der Waals surface area contributed by atoms with E-state index in [0.29, 0.717) is 33.0 Å². The monoisotopic (exact) mass is 360 g/mol. The summed E-state index contributed by atoms with van der Waals surface area (Å²) in [6.07, 6.45) is 11.4. The molecule has 2 aliphatic rings. The largest absolute Gasteiger partial charge is 0.192 e. The highest BCUT2D eigenvalue weighted by atomic mass is 35.5. The first-order valence-electron chi connectivity index (χ1n) is 9.04. The molecule has 1 aromatic carbocycles. The molecule has 126 valence electrons. The molecule has 3 rings (SSSR count). The summed E-state index contributed by atoms with van der Waals surface area (Å²) in [6, 6.07) is 4.48. The molecule has 1 aromatic rings. The molecule has 0 atom stereocenters. The van der Waals surface area contributed by atoms with Gasteiger partial charge in [0.05, 0.1) is 21.2 Å². The van der Waals surface area contributed by atoms with Gasteiger partial charge in [-0.15, -0.1) is 0 Å². The Hall–Kier alpha value is -1.22. The standard InChI is InChI=1S/C20H22Cl2N2/c21-19-15(11-23)17(13-7-3-1-4-8-13)20(22)18(16(19)12-24)14-9-5-2-6-10-14/h13-14H,1-10H2. The topological polar surface area (TPSA) is 47.6 Å². The van der Waals surface area contributed by atoms with E-state index in [-0.39, 0.29) is 0 Å². The third-order valence-corrected chi connectivity index (χ3v) is 6.49. The molecule has 24 heavy (non-hydrogen) atoms. The Balaban J connectivity index is 2.19. The van der Waals surface area contributed by atoms with Crippen LogP contribution in [0.15, 0.2) is 0 Å². The van der Waals surface area contributed by atoms with Gasteiger partial charge in [-0.3, -0.25) is 0 Å². The second-order valence-electron chi connectivity index (χ2n) is 7.10. The maximum Gasteiger partial charge on any atom is 0.101 e. The first-order chi connectivity index (χ1) is 11.7. The number of hydrogen-bond donors (Lipinski definition) is 0. The Morgan fingerprint density at radius 3 is 1.33 bits per heavy atom. The fraction of sp³-hybridized carbons (Fsp3) is 0.600. The van der Waals surface area contributed by atoms with E-state index in [0.717, 1.165) is 36.8 Å². The van der Waals surface area contributed by atoms with Crippen molar-refractivity contribution >= 4 is 23.2 Å². The van der Waals surface area contributed by atoms with Crippen LogP contribution in [-0.4, -0.2) is 0 Å². The molecular formula is C20H22Cl2N2. The van der Waals surface area contributed by atoms with Crippen LogP contribution < -0.4 is 0 Å². The van der Waals surface area contributed by atoms with Crippen molar-refractivity contribution in [2.75, 3.05) is 0 Å². The molecule has 0 spiro atoms. The van der Waals surface area contributed by atoms with Crippen LogP contribution in [0.1, 0.15) is 98.3 Å². The first-order valence-corrected chi connectivity index (χ1v) is 9.79. The SMILES string of the molecule is N#Cc1c(Cl)c(C#N)c(C2CCCCC2)c(Cl)c1C1CCCCC1. The summed E-state index contributed by atoms with van der Waals surface area (Å²) in [5.74, 6) is 0.599. The Morgan fingerprint density at radius 1 is 0.625 bits per heavy atom. The zero-order chi connectivity index (χ0) is 17.1. The van der Waals surface area contributed by atoms with Gasteiger partial charge >= 0.3 is 0 Å². The zero-order valence-electron chi connectivity index (χ0n) is 13.9. The highest BCUT2D eigenvalue weighted by molar-refractivity contribution is 6.36. The van der Waals surface area contributed by atoms with Gasteiger partial charge < -0.3 is 0 Å².